The average molecular weight is 354 g/mol. The quantitative estimate of drug-likeness (QED) is 0.757. The number of ether oxygens (including phenoxy) is 1. The molecular formula is C20H20ClN3O. The Balaban J connectivity index is 1.86. The van der Waals surface area contributed by atoms with Gasteiger partial charge < -0.3 is 15.0 Å². The highest BCUT2D eigenvalue weighted by molar-refractivity contribution is 6.36. The number of nitrogens with zero attached hydrogens (tertiary/aromatic N) is 2. The second kappa shape index (κ2) is 6.90. The molecule has 3 aromatic rings. The van der Waals surface area contributed by atoms with E-state index in [-0.39, 0.29) is 0 Å². The predicted octanol–water partition coefficient (Wildman–Crippen LogP) is 4.40. The number of aryl methyl sites for hydroxylation is 1. The molecule has 0 bridgehead atoms. The molecule has 0 unspecified atom stereocenters. The van der Waals surface area contributed by atoms with Crippen molar-refractivity contribution in [3.63, 3.8) is 0 Å². The number of piperazine rings is 1. The lowest BCUT2D eigenvalue weighted by atomic mass is 10.1. The van der Waals surface area contributed by atoms with E-state index in [1.54, 1.807) is 0 Å². The molecule has 0 spiro atoms. The molecule has 25 heavy (non-hydrogen) atoms. The molecule has 1 fully saturated rings. The molecule has 2 heterocycles. The number of anilines is 1. The van der Waals surface area contributed by atoms with Gasteiger partial charge in [0.2, 0.25) is 0 Å². The highest BCUT2D eigenvalue weighted by Gasteiger charge is 2.19. The van der Waals surface area contributed by atoms with Crippen LogP contribution in [0.5, 0.6) is 11.5 Å². The fourth-order valence-electron chi connectivity index (χ4n) is 3.23. The van der Waals surface area contributed by atoms with Crippen LogP contribution in [0.1, 0.15) is 5.69 Å². The standard InChI is InChI=1S/C20H20ClN3O/c1-14-13-17(24-11-9-22-10-12-24)19-16(21)7-8-18(20(19)23-14)25-15-5-3-2-4-6-15/h2-8,13,22H,9-12H2,1H3. The zero-order valence-corrected chi connectivity index (χ0v) is 14.9. The Labute approximate surface area is 152 Å². The maximum absolute atomic E-state index is 6.57. The Kier molecular flexibility index (Phi) is 4.47. The summed E-state index contributed by atoms with van der Waals surface area (Å²) in [6.07, 6.45) is 0. The topological polar surface area (TPSA) is 37.4 Å². The van der Waals surface area contributed by atoms with E-state index in [9.17, 15) is 0 Å². The van der Waals surface area contributed by atoms with Gasteiger partial charge in [-0.05, 0) is 37.3 Å². The summed E-state index contributed by atoms with van der Waals surface area (Å²) in [6.45, 7) is 5.87. The molecule has 1 saturated heterocycles. The fourth-order valence-corrected chi connectivity index (χ4v) is 3.48. The van der Waals surface area contributed by atoms with Crippen LogP contribution < -0.4 is 15.0 Å². The number of fused-ring (bicyclic) bond motifs is 1. The monoisotopic (exact) mass is 353 g/mol. The van der Waals surface area contributed by atoms with E-state index in [4.69, 9.17) is 21.3 Å². The van der Waals surface area contributed by atoms with Crippen molar-refractivity contribution in [3.8, 4) is 11.5 Å². The summed E-state index contributed by atoms with van der Waals surface area (Å²) in [5.74, 6) is 1.52. The molecule has 0 radical (unpaired) electrons. The number of benzene rings is 2. The van der Waals surface area contributed by atoms with Crippen LogP contribution in [-0.2, 0) is 0 Å². The maximum atomic E-state index is 6.57. The lowest BCUT2D eigenvalue weighted by molar-refractivity contribution is 0.487. The van der Waals surface area contributed by atoms with Gasteiger partial charge in [0.05, 0.1) is 5.02 Å². The fraction of sp³-hybridized carbons (Fsp3) is 0.250. The number of halogens is 1. The van der Waals surface area contributed by atoms with E-state index in [1.807, 2.05) is 49.4 Å². The third-order valence-corrected chi connectivity index (χ3v) is 4.72. The third kappa shape index (κ3) is 3.28. The van der Waals surface area contributed by atoms with Crippen molar-refractivity contribution in [2.45, 2.75) is 6.92 Å². The summed E-state index contributed by atoms with van der Waals surface area (Å²) < 4.78 is 6.09. The zero-order valence-electron chi connectivity index (χ0n) is 14.1. The summed E-state index contributed by atoms with van der Waals surface area (Å²) in [4.78, 5) is 7.10. The lowest BCUT2D eigenvalue weighted by Crippen LogP contribution is -2.43. The SMILES string of the molecule is Cc1cc(N2CCNCC2)c2c(Cl)ccc(Oc3ccccc3)c2n1. The van der Waals surface area contributed by atoms with Crippen LogP contribution in [-0.4, -0.2) is 31.2 Å². The minimum absolute atomic E-state index is 0.705. The predicted molar refractivity (Wildman–Crippen MR) is 103 cm³/mol. The van der Waals surface area contributed by atoms with E-state index in [0.717, 1.165) is 60.0 Å². The summed E-state index contributed by atoms with van der Waals surface area (Å²) in [5, 5.41) is 5.06. The Morgan fingerprint density at radius 1 is 1.08 bits per heavy atom. The van der Waals surface area contributed by atoms with Gasteiger partial charge in [-0.3, -0.25) is 0 Å². The van der Waals surface area contributed by atoms with Crippen LogP contribution in [0.15, 0.2) is 48.5 Å². The molecule has 0 saturated carbocycles. The number of para-hydroxylation sites is 1. The van der Waals surface area contributed by atoms with Crippen LogP contribution in [0.25, 0.3) is 10.9 Å². The Morgan fingerprint density at radius 2 is 1.84 bits per heavy atom. The number of pyridine rings is 1. The Hall–Kier alpha value is -2.30. The largest absolute Gasteiger partial charge is 0.455 e. The maximum Gasteiger partial charge on any atom is 0.153 e. The molecule has 4 rings (SSSR count). The van der Waals surface area contributed by atoms with E-state index in [1.165, 1.54) is 0 Å². The van der Waals surface area contributed by atoms with Gasteiger partial charge in [-0.1, -0.05) is 29.8 Å². The van der Waals surface area contributed by atoms with Crippen molar-refractivity contribution in [2.24, 2.45) is 0 Å². The number of hydrogen-bond acceptors (Lipinski definition) is 4. The zero-order chi connectivity index (χ0) is 17.2. The highest BCUT2D eigenvalue weighted by Crippen LogP contribution is 2.39. The summed E-state index contributed by atoms with van der Waals surface area (Å²) >= 11 is 6.57. The van der Waals surface area contributed by atoms with Crippen molar-refractivity contribution in [3.05, 3.63) is 59.2 Å². The van der Waals surface area contributed by atoms with E-state index in [0.29, 0.717) is 5.02 Å². The molecule has 1 aliphatic heterocycles. The summed E-state index contributed by atoms with van der Waals surface area (Å²) in [5.41, 5.74) is 2.90. The molecule has 2 aromatic carbocycles. The van der Waals surface area contributed by atoms with Crippen LogP contribution in [0.4, 0.5) is 5.69 Å². The second-order valence-electron chi connectivity index (χ2n) is 6.20. The molecule has 1 aliphatic rings. The van der Waals surface area contributed by atoms with Gasteiger partial charge in [0.25, 0.3) is 0 Å². The average Bonchev–Trinajstić information content (AvgIpc) is 2.65. The van der Waals surface area contributed by atoms with Gasteiger partial charge >= 0.3 is 0 Å². The first kappa shape index (κ1) is 16.2. The van der Waals surface area contributed by atoms with Crippen molar-refractivity contribution in [1.82, 2.24) is 10.3 Å². The molecule has 5 heteroatoms. The lowest BCUT2D eigenvalue weighted by Gasteiger charge is -2.31. The first-order chi connectivity index (χ1) is 12.2. The van der Waals surface area contributed by atoms with Crippen LogP contribution in [0, 0.1) is 6.92 Å². The van der Waals surface area contributed by atoms with E-state index >= 15 is 0 Å². The van der Waals surface area contributed by atoms with E-state index in [2.05, 4.69) is 16.3 Å². The molecular weight excluding hydrogens is 334 g/mol. The van der Waals surface area contributed by atoms with Crippen molar-refractivity contribution in [1.29, 1.82) is 0 Å². The third-order valence-electron chi connectivity index (χ3n) is 4.41. The highest BCUT2D eigenvalue weighted by atomic mass is 35.5. The van der Waals surface area contributed by atoms with Gasteiger partial charge in [0.1, 0.15) is 11.3 Å². The molecule has 0 amide bonds. The van der Waals surface area contributed by atoms with Gasteiger partial charge in [-0.2, -0.15) is 0 Å². The second-order valence-corrected chi connectivity index (χ2v) is 6.61. The molecule has 0 atom stereocenters. The number of nitrogens with one attached hydrogen (secondary N) is 1. The number of aromatic nitrogens is 1. The van der Waals surface area contributed by atoms with E-state index < -0.39 is 0 Å². The first-order valence-electron chi connectivity index (χ1n) is 8.51. The van der Waals surface area contributed by atoms with Crippen LogP contribution in [0.2, 0.25) is 5.02 Å². The number of hydrogen-bond donors (Lipinski definition) is 1. The van der Waals surface area contributed by atoms with Crippen LogP contribution in [0.3, 0.4) is 0 Å². The molecule has 1 aromatic heterocycles. The van der Waals surface area contributed by atoms with Crippen molar-refractivity contribution < 1.29 is 4.74 Å². The molecule has 1 N–H and O–H groups in total. The number of rotatable bonds is 3. The smallest absolute Gasteiger partial charge is 0.153 e. The van der Waals surface area contributed by atoms with Crippen molar-refractivity contribution >= 4 is 28.2 Å². The van der Waals surface area contributed by atoms with Gasteiger partial charge in [0.15, 0.2) is 5.75 Å². The minimum Gasteiger partial charge on any atom is -0.455 e. The normalized spacial score (nSPS) is 14.7. The van der Waals surface area contributed by atoms with Gasteiger partial charge in [0, 0.05) is 42.9 Å². The first-order valence-corrected chi connectivity index (χ1v) is 8.88. The molecule has 4 nitrogen and oxygen atoms in total. The minimum atomic E-state index is 0.705. The summed E-state index contributed by atoms with van der Waals surface area (Å²) in [6, 6.07) is 15.7. The molecule has 0 aliphatic carbocycles. The Bertz CT molecular complexity index is 892. The van der Waals surface area contributed by atoms with Gasteiger partial charge in [-0.15, -0.1) is 0 Å². The Morgan fingerprint density at radius 3 is 2.60 bits per heavy atom. The van der Waals surface area contributed by atoms with Crippen molar-refractivity contribution in [2.75, 3.05) is 31.1 Å². The van der Waals surface area contributed by atoms with Gasteiger partial charge in [-0.25, -0.2) is 4.98 Å². The summed E-state index contributed by atoms with van der Waals surface area (Å²) in [7, 11) is 0. The van der Waals surface area contributed by atoms with Crippen LogP contribution >= 0.6 is 11.6 Å². The molecule has 128 valence electrons.